The molecule has 0 spiro atoms. The van der Waals surface area contributed by atoms with Crippen LogP contribution in [0.1, 0.15) is 73.1 Å². The first-order valence-corrected chi connectivity index (χ1v) is 11.9. The van der Waals surface area contributed by atoms with E-state index in [1.807, 2.05) is 20.8 Å². The largest absolute Gasteiger partial charge is 0.462 e. The first-order chi connectivity index (χ1) is 15.4. The standard InChI is InChI=1S/C23H30N2O7S/c1-7-31-19(28)15-12(3)16(20(29)32-8-2)33-17(15)24-14(26)11-25-18(27)13-9-10-23(6,21(25)30)22(13,4)5/h13H,7-11H2,1-6H3,(H,24,26). The van der Waals surface area contributed by atoms with Gasteiger partial charge >= 0.3 is 11.9 Å². The van der Waals surface area contributed by atoms with Crippen molar-refractivity contribution in [3.8, 4) is 0 Å². The van der Waals surface area contributed by atoms with Crippen LogP contribution < -0.4 is 5.32 Å². The fraction of sp³-hybridized carbons (Fsp3) is 0.609. The van der Waals surface area contributed by atoms with Crippen LogP contribution in [0.15, 0.2) is 0 Å². The molecule has 2 bridgehead atoms. The predicted molar refractivity (Wildman–Crippen MR) is 121 cm³/mol. The highest BCUT2D eigenvalue weighted by atomic mass is 32.1. The summed E-state index contributed by atoms with van der Waals surface area (Å²) in [7, 11) is 0. The summed E-state index contributed by atoms with van der Waals surface area (Å²) in [6.07, 6.45) is 1.19. The van der Waals surface area contributed by atoms with E-state index in [2.05, 4.69) is 5.32 Å². The number of hydrogen-bond donors (Lipinski definition) is 1. The molecule has 9 nitrogen and oxygen atoms in total. The first kappa shape index (κ1) is 24.9. The topological polar surface area (TPSA) is 119 Å². The van der Waals surface area contributed by atoms with E-state index in [1.54, 1.807) is 20.8 Å². The van der Waals surface area contributed by atoms with Crippen LogP contribution in [0.4, 0.5) is 5.00 Å². The highest BCUT2D eigenvalue weighted by Gasteiger charge is 2.64. The summed E-state index contributed by atoms with van der Waals surface area (Å²) in [5, 5.41) is 2.72. The summed E-state index contributed by atoms with van der Waals surface area (Å²) < 4.78 is 10.1. The Hall–Kier alpha value is -2.75. The summed E-state index contributed by atoms with van der Waals surface area (Å²) in [5.41, 5.74) is -0.809. The van der Waals surface area contributed by atoms with Crippen LogP contribution in [0.3, 0.4) is 0 Å². The molecule has 2 fully saturated rings. The highest BCUT2D eigenvalue weighted by Crippen LogP contribution is 2.60. The van der Waals surface area contributed by atoms with Gasteiger partial charge in [-0.05, 0) is 44.6 Å². The van der Waals surface area contributed by atoms with Gasteiger partial charge in [-0.25, -0.2) is 9.59 Å². The molecule has 10 heteroatoms. The van der Waals surface area contributed by atoms with E-state index in [0.29, 0.717) is 18.4 Å². The highest BCUT2D eigenvalue weighted by molar-refractivity contribution is 7.18. The molecule has 180 valence electrons. The van der Waals surface area contributed by atoms with Gasteiger partial charge in [-0.3, -0.25) is 19.3 Å². The minimum absolute atomic E-state index is 0.0581. The first-order valence-electron chi connectivity index (χ1n) is 11.0. The summed E-state index contributed by atoms with van der Waals surface area (Å²) in [6.45, 7) is 10.4. The predicted octanol–water partition coefficient (Wildman–Crippen LogP) is 3.16. The maximum Gasteiger partial charge on any atom is 0.348 e. The molecule has 3 amide bonds. The second-order valence-electron chi connectivity index (χ2n) is 9.12. The molecule has 0 radical (unpaired) electrons. The maximum atomic E-state index is 13.2. The molecule has 1 saturated heterocycles. The van der Waals surface area contributed by atoms with E-state index in [4.69, 9.17) is 9.47 Å². The number of ether oxygens (including phenoxy) is 2. The van der Waals surface area contributed by atoms with Gasteiger partial charge in [0.05, 0.1) is 24.2 Å². The van der Waals surface area contributed by atoms with Crippen LogP contribution in [0.25, 0.3) is 0 Å². The lowest BCUT2D eigenvalue weighted by Gasteiger charge is -2.47. The Morgan fingerprint density at radius 3 is 2.30 bits per heavy atom. The third-order valence-corrected chi connectivity index (χ3v) is 8.34. The van der Waals surface area contributed by atoms with Gasteiger partial charge < -0.3 is 14.8 Å². The molecule has 1 aliphatic carbocycles. The number of rotatable bonds is 7. The normalized spacial score (nSPS) is 23.5. The quantitative estimate of drug-likeness (QED) is 0.472. The number of nitrogens with zero attached hydrogens (tertiary/aromatic N) is 1. The fourth-order valence-electron chi connectivity index (χ4n) is 4.80. The van der Waals surface area contributed by atoms with Gasteiger partial charge in [-0.2, -0.15) is 0 Å². The molecule has 2 atom stereocenters. The van der Waals surface area contributed by atoms with E-state index in [9.17, 15) is 24.0 Å². The molecule has 2 unspecified atom stereocenters. The molecular weight excluding hydrogens is 448 g/mol. The van der Waals surface area contributed by atoms with Crippen LogP contribution in [0, 0.1) is 23.7 Å². The van der Waals surface area contributed by atoms with Crippen LogP contribution in [0.2, 0.25) is 0 Å². The SMILES string of the molecule is CCOC(=O)c1sc(NC(=O)CN2C(=O)C3CCC(C)(C2=O)C3(C)C)c(C(=O)OCC)c1C. The van der Waals surface area contributed by atoms with Crippen molar-refractivity contribution in [1.29, 1.82) is 0 Å². The van der Waals surface area contributed by atoms with Gasteiger partial charge in [-0.1, -0.05) is 20.8 Å². The van der Waals surface area contributed by atoms with Crippen molar-refractivity contribution in [2.45, 2.75) is 54.4 Å². The van der Waals surface area contributed by atoms with Crippen molar-refractivity contribution in [2.24, 2.45) is 16.7 Å². The van der Waals surface area contributed by atoms with Crippen LogP contribution >= 0.6 is 11.3 Å². The van der Waals surface area contributed by atoms with Crippen molar-refractivity contribution in [3.05, 3.63) is 16.0 Å². The van der Waals surface area contributed by atoms with Crippen LogP contribution in [-0.2, 0) is 23.9 Å². The Kier molecular flexibility index (Phi) is 6.70. The molecule has 2 heterocycles. The Morgan fingerprint density at radius 2 is 1.70 bits per heavy atom. The monoisotopic (exact) mass is 478 g/mol. The minimum Gasteiger partial charge on any atom is -0.462 e. The van der Waals surface area contributed by atoms with Gasteiger partial charge in [-0.15, -0.1) is 11.3 Å². The number of fused-ring (bicyclic) bond motifs is 2. The summed E-state index contributed by atoms with van der Waals surface area (Å²) in [5.74, 6) is -2.98. The fourth-order valence-corrected chi connectivity index (χ4v) is 5.91. The number of esters is 2. The molecule has 33 heavy (non-hydrogen) atoms. The van der Waals surface area contributed by atoms with E-state index in [-0.39, 0.29) is 46.4 Å². The number of carbonyl (C=O) groups excluding carboxylic acids is 5. The number of hydrogen-bond acceptors (Lipinski definition) is 8. The van der Waals surface area contributed by atoms with E-state index in [1.165, 1.54) is 0 Å². The number of imide groups is 1. The van der Waals surface area contributed by atoms with Crippen molar-refractivity contribution in [2.75, 3.05) is 25.1 Å². The molecule has 1 aromatic rings. The zero-order chi connectivity index (χ0) is 24.7. The van der Waals surface area contributed by atoms with Gasteiger partial charge in [0, 0.05) is 5.92 Å². The average Bonchev–Trinajstić information content (AvgIpc) is 3.15. The Balaban J connectivity index is 1.86. The molecule has 2 aliphatic rings. The Morgan fingerprint density at radius 1 is 1.09 bits per heavy atom. The third-order valence-electron chi connectivity index (χ3n) is 7.15. The number of thiophene rings is 1. The van der Waals surface area contributed by atoms with E-state index in [0.717, 1.165) is 16.2 Å². The molecule has 0 aromatic carbocycles. The zero-order valence-corrected chi connectivity index (χ0v) is 20.6. The second kappa shape index (κ2) is 8.89. The van der Waals surface area contributed by atoms with Gasteiger partial charge in [0.25, 0.3) is 0 Å². The molecule has 1 N–H and O–H groups in total. The van der Waals surface area contributed by atoms with Gasteiger partial charge in [0.15, 0.2) is 0 Å². The van der Waals surface area contributed by atoms with Crippen molar-refractivity contribution >= 4 is 46.0 Å². The van der Waals surface area contributed by atoms with Gasteiger partial charge in [0.1, 0.15) is 16.4 Å². The number of anilines is 1. The lowest BCUT2D eigenvalue weighted by Crippen LogP contribution is -2.60. The Bertz CT molecular complexity index is 1030. The summed E-state index contributed by atoms with van der Waals surface area (Å²) in [6, 6.07) is 0. The lowest BCUT2D eigenvalue weighted by atomic mass is 9.62. The number of piperidine rings is 1. The molecule has 1 aliphatic heterocycles. The number of nitrogens with one attached hydrogen (secondary N) is 1. The Labute approximate surface area is 196 Å². The summed E-state index contributed by atoms with van der Waals surface area (Å²) >= 11 is 0.897. The molecule has 1 aromatic heterocycles. The number of likely N-dealkylation sites (tertiary alicyclic amines) is 1. The van der Waals surface area contributed by atoms with Crippen LogP contribution in [-0.4, -0.2) is 54.3 Å². The lowest BCUT2D eigenvalue weighted by molar-refractivity contribution is -0.168. The van der Waals surface area contributed by atoms with Crippen molar-refractivity contribution < 1.29 is 33.4 Å². The van der Waals surface area contributed by atoms with Crippen molar-refractivity contribution in [1.82, 2.24) is 4.90 Å². The third kappa shape index (κ3) is 3.94. The average molecular weight is 479 g/mol. The molecular formula is C23H30N2O7S. The van der Waals surface area contributed by atoms with Crippen molar-refractivity contribution in [3.63, 3.8) is 0 Å². The minimum atomic E-state index is -0.724. The second-order valence-corrected chi connectivity index (χ2v) is 10.1. The zero-order valence-electron chi connectivity index (χ0n) is 19.8. The summed E-state index contributed by atoms with van der Waals surface area (Å²) in [4.78, 5) is 65.1. The van der Waals surface area contributed by atoms with Gasteiger partial charge in [0.2, 0.25) is 17.7 Å². The number of carbonyl (C=O) groups is 5. The van der Waals surface area contributed by atoms with E-state index < -0.39 is 35.2 Å². The van der Waals surface area contributed by atoms with E-state index >= 15 is 0 Å². The maximum absolute atomic E-state index is 13.2. The molecule has 1 saturated carbocycles. The van der Waals surface area contributed by atoms with Crippen LogP contribution in [0.5, 0.6) is 0 Å². The molecule has 3 rings (SSSR count). The smallest absolute Gasteiger partial charge is 0.348 e. The number of amides is 3.